The van der Waals surface area contributed by atoms with E-state index in [0.29, 0.717) is 29.7 Å². The first kappa shape index (κ1) is 14.5. The summed E-state index contributed by atoms with van der Waals surface area (Å²) in [5.41, 5.74) is 0.539. The number of aromatic nitrogens is 1. The predicted molar refractivity (Wildman–Crippen MR) is 81.1 cm³/mol. The summed E-state index contributed by atoms with van der Waals surface area (Å²) in [7, 11) is 0. The van der Waals surface area contributed by atoms with E-state index in [1.54, 1.807) is 36.9 Å². The van der Waals surface area contributed by atoms with E-state index >= 15 is 0 Å². The molecule has 0 bridgehead atoms. The summed E-state index contributed by atoms with van der Waals surface area (Å²) in [6.45, 7) is 4.34. The summed E-state index contributed by atoms with van der Waals surface area (Å²) >= 11 is 0. The Morgan fingerprint density at radius 2 is 2.14 bits per heavy atom. The fraction of sp³-hybridized carbons (Fsp3) is 0.312. The van der Waals surface area contributed by atoms with Crippen LogP contribution in [0.5, 0.6) is 0 Å². The predicted octanol–water partition coefficient (Wildman–Crippen LogP) is 2.07. The monoisotopic (exact) mass is 300 g/mol. The number of carbonyl (C=O) groups is 2. The van der Waals surface area contributed by atoms with Crippen LogP contribution >= 0.6 is 0 Å². The van der Waals surface area contributed by atoms with Crippen LogP contribution in [0.15, 0.2) is 30.5 Å². The zero-order valence-corrected chi connectivity index (χ0v) is 12.4. The second kappa shape index (κ2) is 5.06. The van der Waals surface area contributed by atoms with Crippen LogP contribution in [-0.2, 0) is 9.53 Å². The highest BCUT2D eigenvalue weighted by molar-refractivity contribution is 6.05. The molecule has 1 saturated heterocycles. The van der Waals surface area contributed by atoms with E-state index in [0.717, 1.165) is 0 Å². The lowest BCUT2D eigenvalue weighted by Gasteiger charge is -2.37. The molecule has 2 aromatic rings. The van der Waals surface area contributed by atoms with Crippen molar-refractivity contribution in [3.63, 3.8) is 0 Å². The number of pyridine rings is 1. The number of hydrogen-bond acceptors (Lipinski definition) is 4. The highest BCUT2D eigenvalue weighted by Crippen LogP contribution is 2.28. The maximum atomic E-state index is 12.5. The van der Waals surface area contributed by atoms with Crippen LogP contribution in [0.2, 0.25) is 0 Å². The van der Waals surface area contributed by atoms with Crippen molar-refractivity contribution in [1.82, 2.24) is 4.98 Å². The molecule has 0 atom stereocenters. The Hall–Kier alpha value is -2.47. The van der Waals surface area contributed by atoms with Crippen molar-refractivity contribution in [2.24, 2.45) is 0 Å². The Labute approximate surface area is 127 Å². The van der Waals surface area contributed by atoms with Gasteiger partial charge in [-0.2, -0.15) is 0 Å². The maximum absolute atomic E-state index is 12.5. The first-order valence-corrected chi connectivity index (χ1v) is 6.98. The van der Waals surface area contributed by atoms with E-state index in [-0.39, 0.29) is 11.5 Å². The molecular weight excluding hydrogens is 284 g/mol. The lowest BCUT2D eigenvalue weighted by Crippen LogP contribution is -2.53. The third-order valence-electron chi connectivity index (χ3n) is 3.81. The summed E-state index contributed by atoms with van der Waals surface area (Å²) in [6, 6.07) is 6.66. The Morgan fingerprint density at radius 1 is 1.36 bits per heavy atom. The van der Waals surface area contributed by atoms with Crippen molar-refractivity contribution in [3.05, 3.63) is 36.0 Å². The average Bonchev–Trinajstić information content (AvgIpc) is 2.48. The van der Waals surface area contributed by atoms with E-state index in [1.807, 2.05) is 0 Å². The summed E-state index contributed by atoms with van der Waals surface area (Å²) < 4.78 is 5.48. The van der Waals surface area contributed by atoms with Gasteiger partial charge in [0.1, 0.15) is 5.60 Å². The van der Waals surface area contributed by atoms with Crippen LogP contribution in [0, 0.1) is 0 Å². The van der Waals surface area contributed by atoms with Gasteiger partial charge in [0.2, 0.25) is 0 Å². The van der Waals surface area contributed by atoms with Crippen LogP contribution in [-0.4, -0.2) is 40.7 Å². The smallest absolute Gasteiger partial charge is 0.336 e. The number of nitrogens with zero attached hydrogens (tertiary/aromatic N) is 2. The Balaban J connectivity index is 2.10. The summed E-state index contributed by atoms with van der Waals surface area (Å²) in [5.74, 6) is -1.16. The minimum absolute atomic E-state index is 0.140. The number of morpholine rings is 1. The molecule has 0 radical (unpaired) electrons. The number of carboxylic acid groups (broad SMARTS) is 1. The average molecular weight is 300 g/mol. The van der Waals surface area contributed by atoms with Crippen LogP contribution in [0.4, 0.5) is 5.69 Å². The van der Waals surface area contributed by atoms with Crippen molar-refractivity contribution in [1.29, 1.82) is 0 Å². The molecule has 1 aliphatic rings. The van der Waals surface area contributed by atoms with Crippen molar-refractivity contribution in [2.45, 2.75) is 19.4 Å². The SMILES string of the molecule is CC1(C)OCCN(c2ccc3nccc(C(=O)O)c3c2)C1=O. The zero-order chi connectivity index (χ0) is 15.9. The van der Waals surface area contributed by atoms with Crippen molar-refractivity contribution < 1.29 is 19.4 Å². The molecule has 1 amide bonds. The van der Waals surface area contributed by atoms with Gasteiger partial charge < -0.3 is 14.7 Å². The molecule has 3 rings (SSSR count). The number of benzene rings is 1. The molecule has 6 heteroatoms. The molecule has 0 saturated carbocycles. The van der Waals surface area contributed by atoms with Crippen molar-refractivity contribution in [3.8, 4) is 0 Å². The normalized spacial score (nSPS) is 17.7. The van der Waals surface area contributed by atoms with Gasteiger partial charge in [-0.3, -0.25) is 9.78 Å². The van der Waals surface area contributed by atoms with Crippen LogP contribution in [0.1, 0.15) is 24.2 Å². The van der Waals surface area contributed by atoms with E-state index in [2.05, 4.69) is 4.98 Å². The van der Waals surface area contributed by atoms with Crippen LogP contribution in [0.3, 0.4) is 0 Å². The molecule has 114 valence electrons. The number of carboxylic acids is 1. The molecule has 2 heterocycles. The molecule has 0 unspecified atom stereocenters. The molecular formula is C16H16N2O4. The van der Waals surface area contributed by atoms with Gasteiger partial charge in [0.25, 0.3) is 5.91 Å². The lowest BCUT2D eigenvalue weighted by molar-refractivity contribution is -0.144. The quantitative estimate of drug-likeness (QED) is 0.918. The highest BCUT2D eigenvalue weighted by Gasteiger charge is 2.37. The number of aromatic carboxylic acids is 1. The lowest BCUT2D eigenvalue weighted by atomic mass is 10.0. The van der Waals surface area contributed by atoms with Gasteiger partial charge in [-0.25, -0.2) is 4.79 Å². The summed E-state index contributed by atoms with van der Waals surface area (Å²) in [5, 5.41) is 9.81. The van der Waals surface area contributed by atoms with Gasteiger partial charge in [0.05, 0.1) is 17.7 Å². The van der Waals surface area contributed by atoms with Crippen molar-refractivity contribution in [2.75, 3.05) is 18.1 Å². The number of amides is 1. The largest absolute Gasteiger partial charge is 0.478 e. The third kappa shape index (κ3) is 2.31. The van der Waals surface area contributed by atoms with Gasteiger partial charge in [0, 0.05) is 23.8 Å². The van der Waals surface area contributed by atoms with E-state index in [9.17, 15) is 14.7 Å². The molecule has 6 nitrogen and oxygen atoms in total. The molecule has 0 aliphatic carbocycles. The van der Waals surface area contributed by atoms with Crippen LogP contribution in [0.25, 0.3) is 10.9 Å². The first-order valence-electron chi connectivity index (χ1n) is 6.98. The Kier molecular flexibility index (Phi) is 3.33. The number of fused-ring (bicyclic) bond motifs is 1. The second-order valence-electron chi connectivity index (χ2n) is 5.68. The molecule has 0 spiro atoms. The van der Waals surface area contributed by atoms with E-state index in [1.165, 1.54) is 12.3 Å². The number of anilines is 1. The second-order valence-corrected chi connectivity index (χ2v) is 5.68. The number of hydrogen-bond donors (Lipinski definition) is 1. The maximum Gasteiger partial charge on any atom is 0.336 e. The number of carbonyl (C=O) groups excluding carboxylic acids is 1. The Morgan fingerprint density at radius 3 is 2.86 bits per heavy atom. The van der Waals surface area contributed by atoms with E-state index < -0.39 is 11.6 Å². The summed E-state index contributed by atoms with van der Waals surface area (Å²) in [4.78, 5) is 29.6. The Bertz CT molecular complexity index is 770. The molecule has 22 heavy (non-hydrogen) atoms. The number of rotatable bonds is 2. The van der Waals surface area contributed by atoms with Gasteiger partial charge in [-0.15, -0.1) is 0 Å². The highest BCUT2D eigenvalue weighted by atomic mass is 16.5. The fourth-order valence-electron chi connectivity index (χ4n) is 2.62. The van der Waals surface area contributed by atoms with Gasteiger partial charge in [-0.1, -0.05) is 0 Å². The minimum Gasteiger partial charge on any atom is -0.478 e. The van der Waals surface area contributed by atoms with Crippen molar-refractivity contribution >= 4 is 28.5 Å². The van der Waals surface area contributed by atoms with Gasteiger partial charge >= 0.3 is 5.97 Å². The van der Waals surface area contributed by atoms with Gasteiger partial charge in [-0.05, 0) is 38.1 Å². The molecule has 1 aliphatic heterocycles. The molecule has 1 aromatic heterocycles. The minimum atomic E-state index is -1.02. The molecule has 1 fully saturated rings. The zero-order valence-electron chi connectivity index (χ0n) is 12.4. The summed E-state index contributed by atoms with van der Waals surface area (Å²) in [6.07, 6.45) is 1.47. The van der Waals surface area contributed by atoms with Crippen LogP contribution < -0.4 is 4.90 Å². The standard InChI is InChI=1S/C16H16N2O4/c1-16(2)15(21)18(7-8-22-16)10-3-4-13-12(9-10)11(14(19)20)5-6-17-13/h3-6,9H,7-8H2,1-2H3,(H,19,20). The van der Waals surface area contributed by atoms with Gasteiger partial charge in [0.15, 0.2) is 0 Å². The molecule has 1 aromatic carbocycles. The fourth-order valence-corrected chi connectivity index (χ4v) is 2.62. The number of ether oxygens (including phenoxy) is 1. The first-order chi connectivity index (χ1) is 10.4. The third-order valence-corrected chi connectivity index (χ3v) is 3.81. The van der Waals surface area contributed by atoms with E-state index in [4.69, 9.17) is 4.74 Å². The topological polar surface area (TPSA) is 79.7 Å². The molecule has 1 N–H and O–H groups in total.